The molecule has 0 radical (unpaired) electrons. The second kappa shape index (κ2) is 4.86. The minimum absolute atomic E-state index is 0.337. The van der Waals surface area contributed by atoms with Gasteiger partial charge in [0, 0.05) is 12.7 Å². The predicted octanol–water partition coefficient (Wildman–Crippen LogP) is 1.91. The summed E-state index contributed by atoms with van der Waals surface area (Å²) in [6, 6.07) is 3.91. The number of aromatic nitrogens is 3. The van der Waals surface area contributed by atoms with Gasteiger partial charge in [0.1, 0.15) is 5.69 Å². The van der Waals surface area contributed by atoms with E-state index in [2.05, 4.69) is 20.4 Å². The Kier molecular flexibility index (Phi) is 3.06. The minimum atomic E-state index is 0.337. The Hall–Kier alpha value is -1.75. The van der Waals surface area contributed by atoms with Crippen molar-refractivity contribution in [2.24, 2.45) is 0 Å². The van der Waals surface area contributed by atoms with E-state index in [0.29, 0.717) is 11.7 Å². The fourth-order valence-electron chi connectivity index (χ4n) is 2.28. The number of hydrogen-bond donors (Lipinski definition) is 1. The summed E-state index contributed by atoms with van der Waals surface area (Å²) < 4.78 is 5.37. The molecule has 0 unspecified atom stereocenters. The van der Waals surface area contributed by atoms with Crippen molar-refractivity contribution in [3.63, 3.8) is 0 Å². The maximum absolute atomic E-state index is 5.37. The highest BCUT2D eigenvalue weighted by molar-refractivity contribution is 5.53. The maximum atomic E-state index is 5.37. The molecule has 5 nitrogen and oxygen atoms in total. The topological polar surface area (TPSA) is 63.8 Å². The van der Waals surface area contributed by atoms with E-state index in [1.165, 1.54) is 0 Å². The molecule has 5 heteroatoms. The van der Waals surface area contributed by atoms with E-state index in [9.17, 15) is 0 Å². The van der Waals surface area contributed by atoms with Gasteiger partial charge in [0.05, 0.1) is 5.92 Å². The molecule has 0 aliphatic carbocycles. The summed E-state index contributed by atoms with van der Waals surface area (Å²) in [5.74, 6) is 1.65. The summed E-state index contributed by atoms with van der Waals surface area (Å²) in [6.07, 6.45) is 4.02. The van der Waals surface area contributed by atoms with Gasteiger partial charge in [-0.15, -0.1) is 0 Å². The Labute approximate surface area is 106 Å². The van der Waals surface area contributed by atoms with Crippen LogP contribution in [0.4, 0.5) is 0 Å². The molecule has 1 saturated heterocycles. The predicted molar refractivity (Wildman–Crippen MR) is 67.1 cm³/mol. The van der Waals surface area contributed by atoms with Crippen molar-refractivity contribution in [2.45, 2.75) is 25.7 Å². The molecule has 2 aromatic heterocycles. The molecule has 0 amide bonds. The molecule has 0 aromatic carbocycles. The molecule has 94 valence electrons. The zero-order chi connectivity index (χ0) is 12.4. The van der Waals surface area contributed by atoms with Crippen LogP contribution < -0.4 is 5.32 Å². The lowest BCUT2D eigenvalue weighted by atomic mass is 10.00. The van der Waals surface area contributed by atoms with Crippen LogP contribution >= 0.6 is 0 Å². The van der Waals surface area contributed by atoms with E-state index in [1.807, 2.05) is 19.1 Å². The summed E-state index contributed by atoms with van der Waals surface area (Å²) in [5, 5.41) is 7.40. The fourth-order valence-corrected chi connectivity index (χ4v) is 2.28. The first kappa shape index (κ1) is 11.3. The fraction of sp³-hybridized carbons (Fsp3) is 0.462. The molecule has 1 fully saturated rings. The van der Waals surface area contributed by atoms with E-state index in [4.69, 9.17) is 4.52 Å². The van der Waals surface area contributed by atoms with Gasteiger partial charge in [-0.1, -0.05) is 11.2 Å². The first-order valence-corrected chi connectivity index (χ1v) is 6.31. The molecule has 1 aliphatic rings. The van der Waals surface area contributed by atoms with E-state index in [0.717, 1.165) is 43.1 Å². The Morgan fingerprint density at radius 3 is 3.17 bits per heavy atom. The largest absolute Gasteiger partial charge is 0.339 e. The lowest BCUT2D eigenvalue weighted by Gasteiger charge is -2.18. The van der Waals surface area contributed by atoms with E-state index < -0.39 is 0 Å². The molecule has 0 saturated carbocycles. The molecular formula is C13H16N4O. The molecular weight excluding hydrogens is 228 g/mol. The molecule has 18 heavy (non-hydrogen) atoms. The van der Waals surface area contributed by atoms with Crippen molar-refractivity contribution in [1.29, 1.82) is 0 Å². The first-order chi connectivity index (χ1) is 8.84. The quantitative estimate of drug-likeness (QED) is 0.874. The summed E-state index contributed by atoms with van der Waals surface area (Å²) in [5.41, 5.74) is 1.86. The standard InChI is InChI=1S/C13H16N4O/c1-9-4-2-7-15-11(9)12-16-13(18-17-12)10-5-3-6-14-8-10/h2,4,7,10,14H,3,5-6,8H2,1H3/t10-/m0/s1. The second-order valence-electron chi connectivity index (χ2n) is 4.67. The van der Waals surface area contributed by atoms with Crippen LogP contribution in [0.3, 0.4) is 0 Å². The number of pyridine rings is 1. The van der Waals surface area contributed by atoms with Gasteiger partial charge < -0.3 is 9.84 Å². The molecule has 1 N–H and O–H groups in total. The zero-order valence-electron chi connectivity index (χ0n) is 10.4. The number of aryl methyl sites for hydroxylation is 1. The molecule has 0 bridgehead atoms. The highest BCUT2D eigenvalue weighted by Crippen LogP contribution is 2.24. The van der Waals surface area contributed by atoms with Crippen LogP contribution in [0.15, 0.2) is 22.9 Å². The van der Waals surface area contributed by atoms with Crippen molar-refractivity contribution < 1.29 is 4.52 Å². The van der Waals surface area contributed by atoms with Gasteiger partial charge in [-0.2, -0.15) is 4.98 Å². The van der Waals surface area contributed by atoms with Crippen molar-refractivity contribution in [2.75, 3.05) is 13.1 Å². The Morgan fingerprint density at radius 1 is 1.44 bits per heavy atom. The lowest BCUT2D eigenvalue weighted by molar-refractivity contribution is 0.322. The summed E-state index contributed by atoms with van der Waals surface area (Å²) in [4.78, 5) is 8.79. The average Bonchev–Trinajstić information content (AvgIpc) is 2.90. The van der Waals surface area contributed by atoms with Crippen LogP contribution in [0.2, 0.25) is 0 Å². The third kappa shape index (κ3) is 2.13. The highest BCUT2D eigenvalue weighted by Gasteiger charge is 2.22. The lowest BCUT2D eigenvalue weighted by Crippen LogP contribution is -2.28. The molecule has 3 heterocycles. The molecule has 1 atom stereocenters. The third-order valence-corrected chi connectivity index (χ3v) is 3.31. The summed E-state index contributed by atoms with van der Waals surface area (Å²) in [7, 11) is 0. The summed E-state index contributed by atoms with van der Waals surface area (Å²) >= 11 is 0. The highest BCUT2D eigenvalue weighted by atomic mass is 16.5. The smallest absolute Gasteiger partial charge is 0.231 e. The van der Waals surface area contributed by atoms with Gasteiger partial charge >= 0.3 is 0 Å². The van der Waals surface area contributed by atoms with Crippen molar-refractivity contribution in [3.8, 4) is 11.5 Å². The molecule has 3 rings (SSSR count). The second-order valence-corrected chi connectivity index (χ2v) is 4.67. The van der Waals surface area contributed by atoms with Gasteiger partial charge in [0.15, 0.2) is 0 Å². The van der Waals surface area contributed by atoms with Crippen LogP contribution in [0.1, 0.15) is 30.2 Å². The molecule has 2 aromatic rings. The van der Waals surface area contributed by atoms with Gasteiger partial charge in [0.25, 0.3) is 0 Å². The monoisotopic (exact) mass is 244 g/mol. The van der Waals surface area contributed by atoms with Gasteiger partial charge in [-0.3, -0.25) is 4.98 Å². The number of nitrogens with one attached hydrogen (secondary N) is 1. The average molecular weight is 244 g/mol. The van der Waals surface area contributed by atoms with Gasteiger partial charge in [0.2, 0.25) is 11.7 Å². The van der Waals surface area contributed by atoms with Crippen LogP contribution in [0.5, 0.6) is 0 Å². The van der Waals surface area contributed by atoms with Crippen LogP contribution in [-0.4, -0.2) is 28.2 Å². The Morgan fingerprint density at radius 2 is 2.39 bits per heavy atom. The Bertz CT molecular complexity index is 531. The normalized spacial score (nSPS) is 19.9. The molecule has 1 aliphatic heterocycles. The van der Waals surface area contributed by atoms with E-state index in [-0.39, 0.29) is 0 Å². The number of hydrogen-bond acceptors (Lipinski definition) is 5. The van der Waals surface area contributed by atoms with Gasteiger partial charge in [-0.25, -0.2) is 0 Å². The molecule has 0 spiro atoms. The van der Waals surface area contributed by atoms with Crippen LogP contribution in [0.25, 0.3) is 11.5 Å². The SMILES string of the molecule is Cc1cccnc1-c1noc([C@H]2CCCNC2)n1. The maximum Gasteiger partial charge on any atom is 0.231 e. The van der Waals surface area contributed by atoms with Gasteiger partial charge in [-0.05, 0) is 37.9 Å². The van der Waals surface area contributed by atoms with Crippen LogP contribution in [-0.2, 0) is 0 Å². The number of rotatable bonds is 2. The first-order valence-electron chi connectivity index (χ1n) is 6.31. The van der Waals surface area contributed by atoms with Crippen LogP contribution in [0, 0.1) is 6.92 Å². The minimum Gasteiger partial charge on any atom is -0.339 e. The van der Waals surface area contributed by atoms with Crippen molar-refractivity contribution in [1.82, 2.24) is 20.4 Å². The van der Waals surface area contributed by atoms with Crippen molar-refractivity contribution >= 4 is 0 Å². The zero-order valence-corrected chi connectivity index (χ0v) is 10.4. The Balaban J connectivity index is 1.87. The third-order valence-electron chi connectivity index (χ3n) is 3.31. The number of piperidine rings is 1. The summed E-state index contributed by atoms with van der Waals surface area (Å²) in [6.45, 7) is 4.00. The van der Waals surface area contributed by atoms with Crippen molar-refractivity contribution in [3.05, 3.63) is 29.8 Å². The van der Waals surface area contributed by atoms with E-state index >= 15 is 0 Å². The van der Waals surface area contributed by atoms with E-state index in [1.54, 1.807) is 6.20 Å². The number of nitrogens with zero attached hydrogens (tertiary/aromatic N) is 3.